The van der Waals surface area contributed by atoms with Crippen LogP contribution in [-0.2, 0) is 4.79 Å². The van der Waals surface area contributed by atoms with E-state index in [4.69, 9.17) is 0 Å². The third-order valence-corrected chi connectivity index (χ3v) is 3.07. The number of phenols is 1. The molecule has 1 aliphatic heterocycles. The first-order valence-electron chi connectivity index (χ1n) is 4.13. The maximum absolute atomic E-state index is 11.4. The van der Waals surface area contributed by atoms with E-state index in [2.05, 4.69) is 11.9 Å². The number of hydrogen-bond donors (Lipinski definition) is 2. The Labute approximate surface area is 85.8 Å². The van der Waals surface area contributed by atoms with E-state index in [0.717, 1.165) is 0 Å². The largest absolute Gasteiger partial charge is 0.508 e. The molecule has 1 fully saturated rings. The predicted octanol–water partition coefficient (Wildman–Crippen LogP) is 1.77. The number of carbonyl (C=O) groups is 1. The third-order valence-electron chi connectivity index (χ3n) is 1.98. The molecule has 3 nitrogen and oxygen atoms in total. The molecular formula is C10H9NO2S. The molecule has 0 aromatic heterocycles. The number of nitrogens with one attached hydrogen (secondary N) is 1. The van der Waals surface area contributed by atoms with Gasteiger partial charge in [0.1, 0.15) is 11.0 Å². The highest BCUT2D eigenvalue weighted by Gasteiger charge is 2.30. The standard InChI is InChI=1S/C10H9NO2S/c1-6-11-10(13)9(14-6)7-4-2-3-5-8(7)12/h2-5,9,12H,1H2,(H,11,13). The first-order chi connectivity index (χ1) is 6.68. The smallest absolute Gasteiger partial charge is 0.242 e. The van der Waals surface area contributed by atoms with E-state index >= 15 is 0 Å². The molecule has 2 N–H and O–H groups in total. The zero-order valence-corrected chi connectivity index (χ0v) is 8.17. The second kappa shape index (κ2) is 3.38. The van der Waals surface area contributed by atoms with Gasteiger partial charge in [0.2, 0.25) is 5.91 Å². The summed E-state index contributed by atoms with van der Waals surface area (Å²) in [6.45, 7) is 3.66. The summed E-state index contributed by atoms with van der Waals surface area (Å²) in [6.07, 6.45) is 0. The quantitative estimate of drug-likeness (QED) is 0.737. The van der Waals surface area contributed by atoms with Crippen LogP contribution in [0.3, 0.4) is 0 Å². The molecule has 0 aliphatic carbocycles. The van der Waals surface area contributed by atoms with Crippen LogP contribution >= 0.6 is 11.8 Å². The summed E-state index contributed by atoms with van der Waals surface area (Å²) < 4.78 is 0. The van der Waals surface area contributed by atoms with E-state index in [0.29, 0.717) is 10.6 Å². The predicted molar refractivity (Wildman–Crippen MR) is 55.7 cm³/mol. The fraction of sp³-hybridized carbons (Fsp3) is 0.100. The summed E-state index contributed by atoms with van der Waals surface area (Å²) in [5, 5.41) is 12.4. The average Bonchev–Trinajstić information content (AvgIpc) is 2.46. The van der Waals surface area contributed by atoms with Gasteiger partial charge in [-0.2, -0.15) is 0 Å². The van der Waals surface area contributed by atoms with Crippen molar-refractivity contribution in [1.29, 1.82) is 0 Å². The van der Waals surface area contributed by atoms with Crippen LogP contribution in [-0.4, -0.2) is 11.0 Å². The number of aromatic hydroxyl groups is 1. The van der Waals surface area contributed by atoms with Crippen molar-refractivity contribution in [2.24, 2.45) is 0 Å². The SMILES string of the molecule is C=C1NC(=O)C(c2ccccc2O)S1. The normalized spacial score (nSPS) is 21.0. The lowest BCUT2D eigenvalue weighted by molar-refractivity contribution is -0.119. The van der Waals surface area contributed by atoms with Crippen molar-refractivity contribution >= 4 is 17.7 Å². The number of hydrogen-bond acceptors (Lipinski definition) is 3. The molecule has 14 heavy (non-hydrogen) atoms. The van der Waals surface area contributed by atoms with Gasteiger partial charge in [-0.3, -0.25) is 4.79 Å². The molecule has 0 saturated carbocycles. The number of amides is 1. The molecule has 4 heteroatoms. The summed E-state index contributed by atoms with van der Waals surface area (Å²) in [5.41, 5.74) is 0.633. The zero-order chi connectivity index (χ0) is 10.1. The second-order valence-electron chi connectivity index (χ2n) is 2.97. The highest BCUT2D eigenvalue weighted by Crippen LogP contribution is 2.41. The van der Waals surface area contributed by atoms with Crippen LogP contribution in [0.2, 0.25) is 0 Å². The Bertz CT molecular complexity index is 403. The van der Waals surface area contributed by atoms with Crippen molar-refractivity contribution in [3.8, 4) is 5.75 Å². The lowest BCUT2D eigenvalue weighted by Crippen LogP contribution is -2.16. The lowest BCUT2D eigenvalue weighted by Gasteiger charge is -2.07. The molecule has 0 radical (unpaired) electrons. The highest BCUT2D eigenvalue weighted by atomic mass is 32.2. The monoisotopic (exact) mass is 207 g/mol. The third kappa shape index (κ3) is 1.48. The van der Waals surface area contributed by atoms with Gasteiger partial charge >= 0.3 is 0 Å². The molecule has 72 valence electrons. The molecule has 2 rings (SSSR count). The van der Waals surface area contributed by atoms with Gasteiger partial charge in [0, 0.05) is 5.56 Å². The topological polar surface area (TPSA) is 49.3 Å². The molecule has 1 amide bonds. The van der Waals surface area contributed by atoms with E-state index in [1.54, 1.807) is 24.3 Å². The highest BCUT2D eigenvalue weighted by molar-refractivity contribution is 8.04. The maximum Gasteiger partial charge on any atom is 0.242 e. The number of para-hydroxylation sites is 1. The molecule has 1 aliphatic rings. The number of phenolic OH excluding ortho intramolecular Hbond substituents is 1. The van der Waals surface area contributed by atoms with Gasteiger partial charge in [-0.25, -0.2) is 0 Å². The molecule has 1 atom stereocenters. The van der Waals surface area contributed by atoms with Gasteiger partial charge < -0.3 is 10.4 Å². The lowest BCUT2D eigenvalue weighted by atomic mass is 10.1. The maximum atomic E-state index is 11.4. The first kappa shape index (κ1) is 9.15. The molecule has 0 spiro atoms. The van der Waals surface area contributed by atoms with Crippen molar-refractivity contribution in [2.75, 3.05) is 0 Å². The fourth-order valence-corrected chi connectivity index (χ4v) is 2.28. The zero-order valence-electron chi connectivity index (χ0n) is 7.36. The van der Waals surface area contributed by atoms with Crippen LogP contribution < -0.4 is 5.32 Å². The molecule has 1 saturated heterocycles. The summed E-state index contributed by atoms with van der Waals surface area (Å²) >= 11 is 1.33. The van der Waals surface area contributed by atoms with Gasteiger partial charge in [0.05, 0.1) is 5.03 Å². The Kier molecular flexibility index (Phi) is 2.21. The molecule has 1 unspecified atom stereocenters. The van der Waals surface area contributed by atoms with Crippen molar-refractivity contribution in [3.63, 3.8) is 0 Å². The number of rotatable bonds is 1. The number of benzene rings is 1. The minimum atomic E-state index is -0.372. The van der Waals surface area contributed by atoms with E-state index in [1.165, 1.54) is 11.8 Å². The summed E-state index contributed by atoms with van der Waals surface area (Å²) in [4.78, 5) is 11.4. The van der Waals surface area contributed by atoms with Gasteiger partial charge in [0.15, 0.2) is 0 Å². The molecule has 1 heterocycles. The van der Waals surface area contributed by atoms with Gasteiger partial charge in [-0.15, -0.1) is 0 Å². The van der Waals surface area contributed by atoms with Crippen LogP contribution in [0.1, 0.15) is 10.8 Å². The van der Waals surface area contributed by atoms with Crippen LogP contribution in [0.5, 0.6) is 5.75 Å². The minimum absolute atomic E-state index is 0.124. The van der Waals surface area contributed by atoms with Crippen molar-refractivity contribution < 1.29 is 9.90 Å². The first-order valence-corrected chi connectivity index (χ1v) is 5.01. The Morgan fingerprint density at radius 3 is 2.71 bits per heavy atom. The summed E-state index contributed by atoms with van der Waals surface area (Å²) in [7, 11) is 0. The van der Waals surface area contributed by atoms with E-state index < -0.39 is 0 Å². The second-order valence-corrected chi connectivity index (χ2v) is 4.17. The van der Waals surface area contributed by atoms with Gasteiger partial charge in [0.25, 0.3) is 0 Å². The van der Waals surface area contributed by atoms with E-state index in [-0.39, 0.29) is 16.9 Å². The molecule has 1 aromatic rings. The molecular weight excluding hydrogens is 198 g/mol. The van der Waals surface area contributed by atoms with E-state index in [9.17, 15) is 9.90 Å². The van der Waals surface area contributed by atoms with Crippen molar-refractivity contribution in [2.45, 2.75) is 5.25 Å². The number of carbonyl (C=O) groups excluding carboxylic acids is 1. The van der Waals surface area contributed by atoms with Crippen molar-refractivity contribution in [3.05, 3.63) is 41.4 Å². The molecule has 0 bridgehead atoms. The Morgan fingerprint density at radius 2 is 2.14 bits per heavy atom. The number of thioether (sulfide) groups is 1. The van der Waals surface area contributed by atoms with Crippen LogP contribution in [0.15, 0.2) is 35.9 Å². The van der Waals surface area contributed by atoms with Crippen LogP contribution in [0, 0.1) is 0 Å². The van der Waals surface area contributed by atoms with E-state index in [1.807, 2.05) is 0 Å². The summed E-state index contributed by atoms with van der Waals surface area (Å²) in [6, 6.07) is 6.84. The fourth-order valence-electron chi connectivity index (χ4n) is 1.34. The van der Waals surface area contributed by atoms with Gasteiger partial charge in [-0.05, 0) is 6.07 Å². The van der Waals surface area contributed by atoms with Crippen LogP contribution in [0.4, 0.5) is 0 Å². The molecule has 1 aromatic carbocycles. The summed E-state index contributed by atoms with van der Waals surface area (Å²) in [5.74, 6) is 0.0244. The minimum Gasteiger partial charge on any atom is -0.508 e. The average molecular weight is 207 g/mol. The van der Waals surface area contributed by atoms with Crippen LogP contribution in [0.25, 0.3) is 0 Å². The van der Waals surface area contributed by atoms with Crippen molar-refractivity contribution in [1.82, 2.24) is 5.32 Å². The Morgan fingerprint density at radius 1 is 1.43 bits per heavy atom. The Hall–Kier alpha value is -1.42. The van der Waals surface area contributed by atoms with Gasteiger partial charge in [-0.1, -0.05) is 36.5 Å². The Balaban J connectivity index is 2.36.